The standard InChI is InChI=1S/C17H20N6O2/c1-3-16(24)23-9-11(10-23)5-20-13-4-12(6-21-17(13)25)14-7-19-8-15(18-2)22-14/h3-4,6-8,11,20H,1,5,9-10H2,2H3,(H,18,22)(H,21,25). The van der Waals surface area contributed by atoms with Gasteiger partial charge in [-0.25, -0.2) is 4.98 Å². The van der Waals surface area contributed by atoms with Crippen molar-refractivity contribution in [3.8, 4) is 11.3 Å². The summed E-state index contributed by atoms with van der Waals surface area (Å²) in [6.45, 7) is 5.44. The smallest absolute Gasteiger partial charge is 0.271 e. The van der Waals surface area contributed by atoms with Crippen LogP contribution in [0.1, 0.15) is 0 Å². The van der Waals surface area contributed by atoms with Crippen LogP contribution in [0.2, 0.25) is 0 Å². The molecule has 0 atom stereocenters. The Morgan fingerprint density at radius 3 is 3.00 bits per heavy atom. The van der Waals surface area contributed by atoms with E-state index in [4.69, 9.17) is 0 Å². The first kappa shape index (κ1) is 16.7. The molecule has 0 spiro atoms. The largest absolute Gasteiger partial charge is 0.380 e. The fourth-order valence-electron chi connectivity index (χ4n) is 2.65. The molecule has 0 aromatic carbocycles. The number of hydrogen-bond donors (Lipinski definition) is 3. The Hall–Kier alpha value is -3.16. The van der Waals surface area contributed by atoms with Crippen LogP contribution >= 0.6 is 0 Å². The maximum atomic E-state index is 12.0. The van der Waals surface area contributed by atoms with Crippen LogP contribution in [0, 0.1) is 5.92 Å². The van der Waals surface area contributed by atoms with E-state index in [9.17, 15) is 9.59 Å². The van der Waals surface area contributed by atoms with Gasteiger partial charge in [0.05, 0.1) is 18.1 Å². The van der Waals surface area contributed by atoms with Gasteiger partial charge in [-0.2, -0.15) is 0 Å². The van der Waals surface area contributed by atoms with Crippen molar-refractivity contribution in [1.29, 1.82) is 0 Å². The Bertz CT molecular complexity index is 841. The maximum absolute atomic E-state index is 12.0. The Kier molecular flexibility index (Phi) is 4.78. The van der Waals surface area contributed by atoms with Crippen LogP contribution in [-0.4, -0.2) is 52.4 Å². The van der Waals surface area contributed by atoms with E-state index in [2.05, 4.69) is 32.2 Å². The summed E-state index contributed by atoms with van der Waals surface area (Å²) in [6, 6.07) is 1.76. The molecule has 2 aromatic rings. The van der Waals surface area contributed by atoms with Gasteiger partial charge in [0.2, 0.25) is 5.91 Å². The van der Waals surface area contributed by atoms with E-state index in [1.807, 2.05) is 0 Å². The van der Waals surface area contributed by atoms with Gasteiger partial charge in [0.25, 0.3) is 5.56 Å². The molecule has 8 heteroatoms. The lowest BCUT2D eigenvalue weighted by atomic mass is 10.00. The number of rotatable bonds is 6. The number of aromatic amines is 1. The number of pyridine rings is 1. The van der Waals surface area contributed by atoms with Gasteiger partial charge < -0.3 is 20.5 Å². The average molecular weight is 340 g/mol. The number of amides is 1. The van der Waals surface area contributed by atoms with Gasteiger partial charge in [0, 0.05) is 44.4 Å². The number of carbonyl (C=O) groups excluding carboxylic acids is 1. The van der Waals surface area contributed by atoms with Gasteiger partial charge in [-0.15, -0.1) is 0 Å². The molecule has 25 heavy (non-hydrogen) atoms. The number of nitrogens with one attached hydrogen (secondary N) is 3. The second-order valence-corrected chi connectivity index (χ2v) is 5.86. The normalized spacial score (nSPS) is 13.9. The molecule has 1 fully saturated rings. The van der Waals surface area contributed by atoms with E-state index >= 15 is 0 Å². The van der Waals surface area contributed by atoms with Crippen LogP contribution in [0.25, 0.3) is 11.3 Å². The quantitative estimate of drug-likeness (QED) is 0.676. The van der Waals surface area contributed by atoms with Crippen LogP contribution in [0.4, 0.5) is 11.5 Å². The zero-order valence-corrected chi connectivity index (χ0v) is 14.0. The van der Waals surface area contributed by atoms with E-state index in [-0.39, 0.29) is 11.5 Å². The SMILES string of the molecule is C=CC(=O)N1CC(CNc2cc(-c3cncc(NC)n3)c[nH]c2=O)C1. The van der Waals surface area contributed by atoms with Crippen LogP contribution in [0.5, 0.6) is 0 Å². The van der Waals surface area contributed by atoms with Gasteiger partial charge in [-0.1, -0.05) is 6.58 Å². The molecule has 0 unspecified atom stereocenters. The van der Waals surface area contributed by atoms with Crippen LogP contribution in [0.15, 0.2) is 42.1 Å². The van der Waals surface area contributed by atoms with Crippen molar-refractivity contribution < 1.29 is 4.79 Å². The van der Waals surface area contributed by atoms with E-state index in [0.717, 1.165) is 5.56 Å². The number of anilines is 2. The molecule has 3 heterocycles. The number of likely N-dealkylation sites (tertiary alicyclic amines) is 1. The summed E-state index contributed by atoms with van der Waals surface area (Å²) in [5.74, 6) is 0.915. The molecule has 8 nitrogen and oxygen atoms in total. The fraction of sp³-hybridized carbons (Fsp3) is 0.294. The molecule has 0 radical (unpaired) electrons. The molecule has 1 aliphatic rings. The van der Waals surface area contributed by atoms with Crippen molar-refractivity contribution in [3.63, 3.8) is 0 Å². The number of carbonyl (C=O) groups is 1. The monoisotopic (exact) mass is 340 g/mol. The number of aromatic nitrogens is 3. The lowest BCUT2D eigenvalue weighted by molar-refractivity contribution is -0.131. The average Bonchev–Trinajstić information content (AvgIpc) is 2.61. The van der Waals surface area contributed by atoms with Crippen molar-refractivity contribution in [2.45, 2.75) is 0 Å². The van der Waals surface area contributed by atoms with Crippen molar-refractivity contribution in [1.82, 2.24) is 19.9 Å². The first-order chi connectivity index (χ1) is 12.1. The highest BCUT2D eigenvalue weighted by Gasteiger charge is 2.28. The third kappa shape index (κ3) is 3.68. The van der Waals surface area contributed by atoms with Crippen molar-refractivity contribution in [2.75, 3.05) is 37.3 Å². The van der Waals surface area contributed by atoms with Crippen LogP contribution in [0.3, 0.4) is 0 Å². The summed E-state index contributed by atoms with van der Waals surface area (Å²) >= 11 is 0. The van der Waals surface area contributed by atoms with Crippen molar-refractivity contribution >= 4 is 17.4 Å². The second kappa shape index (κ2) is 7.16. The van der Waals surface area contributed by atoms with Gasteiger partial charge >= 0.3 is 0 Å². The van der Waals surface area contributed by atoms with E-state index < -0.39 is 0 Å². The number of hydrogen-bond acceptors (Lipinski definition) is 6. The predicted molar refractivity (Wildman–Crippen MR) is 96.4 cm³/mol. The van der Waals surface area contributed by atoms with Gasteiger partial charge in [-0.3, -0.25) is 14.6 Å². The van der Waals surface area contributed by atoms with Gasteiger partial charge in [0.1, 0.15) is 11.5 Å². The molecule has 130 valence electrons. The molecule has 3 rings (SSSR count). The topological polar surface area (TPSA) is 103 Å². The summed E-state index contributed by atoms with van der Waals surface area (Å²) in [5.41, 5.74) is 1.71. The Balaban J connectivity index is 1.67. The number of nitrogens with zero attached hydrogens (tertiary/aromatic N) is 3. The summed E-state index contributed by atoms with van der Waals surface area (Å²) in [4.78, 5) is 36.4. The minimum atomic E-state index is -0.195. The summed E-state index contributed by atoms with van der Waals surface area (Å²) < 4.78 is 0. The lowest BCUT2D eigenvalue weighted by Gasteiger charge is -2.38. The van der Waals surface area contributed by atoms with Crippen LogP contribution < -0.4 is 16.2 Å². The van der Waals surface area contributed by atoms with Gasteiger partial charge in [0.15, 0.2) is 0 Å². The van der Waals surface area contributed by atoms with Crippen LogP contribution in [-0.2, 0) is 4.79 Å². The molecule has 1 saturated heterocycles. The first-order valence-electron chi connectivity index (χ1n) is 7.99. The Morgan fingerprint density at radius 2 is 2.28 bits per heavy atom. The third-order valence-electron chi connectivity index (χ3n) is 4.11. The molecular formula is C17H20N6O2. The fourth-order valence-corrected chi connectivity index (χ4v) is 2.65. The zero-order valence-electron chi connectivity index (χ0n) is 14.0. The van der Waals surface area contributed by atoms with Gasteiger partial charge in [-0.05, 0) is 12.1 Å². The van der Waals surface area contributed by atoms with Crippen molar-refractivity contribution in [3.05, 3.63) is 47.7 Å². The van der Waals surface area contributed by atoms with E-state index in [1.165, 1.54) is 6.08 Å². The molecule has 0 saturated carbocycles. The maximum Gasteiger partial charge on any atom is 0.271 e. The predicted octanol–water partition coefficient (Wildman–Crippen LogP) is 0.930. The molecule has 1 aliphatic heterocycles. The molecular weight excluding hydrogens is 320 g/mol. The highest BCUT2D eigenvalue weighted by atomic mass is 16.2. The highest BCUT2D eigenvalue weighted by molar-refractivity contribution is 5.87. The second-order valence-electron chi connectivity index (χ2n) is 5.86. The summed E-state index contributed by atoms with van der Waals surface area (Å²) in [6.07, 6.45) is 6.20. The molecule has 0 aliphatic carbocycles. The Morgan fingerprint density at radius 1 is 1.48 bits per heavy atom. The molecule has 2 aromatic heterocycles. The third-order valence-corrected chi connectivity index (χ3v) is 4.11. The summed E-state index contributed by atoms with van der Waals surface area (Å²) in [5, 5.41) is 6.10. The lowest BCUT2D eigenvalue weighted by Crippen LogP contribution is -2.51. The molecule has 0 bridgehead atoms. The Labute approximate surface area is 145 Å². The first-order valence-corrected chi connectivity index (χ1v) is 7.99. The zero-order chi connectivity index (χ0) is 17.8. The molecule has 3 N–H and O–H groups in total. The minimum absolute atomic E-state index is 0.0564. The van der Waals surface area contributed by atoms with E-state index in [0.29, 0.717) is 42.8 Å². The minimum Gasteiger partial charge on any atom is -0.380 e. The molecule has 1 amide bonds. The summed E-state index contributed by atoms with van der Waals surface area (Å²) in [7, 11) is 1.77. The van der Waals surface area contributed by atoms with Crippen molar-refractivity contribution in [2.24, 2.45) is 5.92 Å². The van der Waals surface area contributed by atoms with E-state index in [1.54, 1.807) is 36.6 Å². The highest BCUT2D eigenvalue weighted by Crippen LogP contribution is 2.20. The number of H-pyrrole nitrogens is 1.